The standard InChI is InChI=1S/C26H34N4O2S/c1-25(2,21-4-3-9-33-21)23(31)29-15-20(27)22-17-10-16-11-18(22)14-26(12-16,13-17)24(32)30-19-5-7-28-8-6-19/h3-9,16-18,20,22H,10-15,27H2,1-2H3,(H,29,31)(H,28,30,32). The Morgan fingerprint density at radius 3 is 2.52 bits per heavy atom. The van der Waals surface area contributed by atoms with E-state index in [1.807, 2.05) is 43.5 Å². The van der Waals surface area contributed by atoms with Crippen molar-refractivity contribution in [2.24, 2.45) is 34.8 Å². The topological polar surface area (TPSA) is 97.1 Å². The average Bonchev–Trinajstić information content (AvgIpc) is 3.33. The van der Waals surface area contributed by atoms with Gasteiger partial charge in [0.05, 0.1) is 10.8 Å². The van der Waals surface area contributed by atoms with Crippen molar-refractivity contribution in [1.29, 1.82) is 0 Å². The van der Waals surface area contributed by atoms with Crippen LogP contribution in [-0.4, -0.2) is 29.4 Å². The molecule has 4 fully saturated rings. The number of amides is 2. The van der Waals surface area contributed by atoms with Gasteiger partial charge in [-0.25, -0.2) is 0 Å². The normalized spacial score (nSPS) is 31.2. The Kier molecular flexibility index (Phi) is 5.81. The van der Waals surface area contributed by atoms with Gasteiger partial charge >= 0.3 is 0 Å². The van der Waals surface area contributed by atoms with E-state index in [-0.39, 0.29) is 23.3 Å². The molecule has 0 spiro atoms. The van der Waals surface area contributed by atoms with Gasteiger partial charge < -0.3 is 16.4 Å². The van der Waals surface area contributed by atoms with Gasteiger partial charge in [0, 0.05) is 35.5 Å². The van der Waals surface area contributed by atoms with Gasteiger partial charge in [-0.2, -0.15) is 0 Å². The second-order valence-corrected chi connectivity index (χ2v) is 11.9. The number of hydrogen-bond donors (Lipinski definition) is 3. The maximum Gasteiger partial charge on any atom is 0.230 e. The van der Waals surface area contributed by atoms with Crippen LogP contribution in [0.1, 0.15) is 50.8 Å². The van der Waals surface area contributed by atoms with Crippen LogP contribution in [0, 0.1) is 29.1 Å². The molecule has 4 saturated carbocycles. The highest BCUT2D eigenvalue weighted by Crippen LogP contribution is 2.63. The number of thiophene rings is 1. The van der Waals surface area contributed by atoms with Crippen molar-refractivity contribution in [2.75, 3.05) is 11.9 Å². The summed E-state index contributed by atoms with van der Waals surface area (Å²) < 4.78 is 0. The Balaban J connectivity index is 1.24. The number of nitrogens with zero attached hydrogens (tertiary/aromatic N) is 1. The van der Waals surface area contributed by atoms with Crippen molar-refractivity contribution in [3.63, 3.8) is 0 Å². The van der Waals surface area contributed by atoms with Crippen LogP contribution in [0.3, 0.4) is 0 Å². The smallest absolute Gasteiger partial charge is 0.230 e. The molecule has 7 heteroatoms. The van der Waals surface area contributed by atoms with Crippen LogP contribution < -0.4 is 16.4 Å². The molecule has 2 heterocycles. The van der Waals surface area contributed by atoms with Crippen molar-refractivity contribution in [1.82, 2.24) is 10.3 Å². The molecule has 6 rings (SSSR count). The van der Waals surface area contributed by atoms with Crippen molar-refractivity contribution >= 4 is 28.8 Å². The Morgan fingerprint density at radius 2 is 1.88 bits per heavy atom. The number of hydrogen-bond acceptors (Lipinski definition) is 5. The van der Waals surface area contributed by atoms with Gasteiger partial charge in [0.25, 0.3) is 0 Å². The average molecular weight is 467 g/mol. The number of rotatable bonds is 7. The van der Waals surface area contributed by atoms with E-state index in [2.05, 4.69) is 15.6 Å². The van der Waals surface area contributed by atoms with Crippen LogP contribution >= 0.6 is 11.3 Å². The molecule has 4 bridgehead atoms. The molecule has 33 heavy (non-hydrogen) atoms. The molecule has 2 amide bonds. The maximum absolute atomic E-state index is 13.4. The monoisotopic (exact) mass is 466 g/mol. The third-order valence-corrected chi connectivity index (χ3v) is 9.66. The summed E-state index contributed by atoms with van der Waals surface area (Å²) in [6.45, 7) is 4.42. The second-order valence-electron chi connectivity index (χ2n) is 11.0. The molecule has 0 saturated heterocycles. The fourth-order valence-corrected chi connectivity index (χ4v) is 7.90. The number of aromatic nitrogens is 1. The molecule has 4 aliphatic rings. The molecule has 0 radical (unpaired) electrons. The first kappa shape index (κ1) is 22.5. The van der Waals surface area contributed by atoms with Gasteiger partial charge in [0.2, 0.25) is 11.8 Å². The predicted octanol–water partition coefficient (Wildman–Crippen LogP) is 3.95. The van der Waals surface area contributed by atoms with Crippen LogP contribution in [0.15, 0.2) is 42.0 Å². The van der Waals surface area contributed by atoms with Crippen LogP contribution in [0.4, 0.5) is 5.69 Å². The van der Waals surface area contributed by atoms with E-state index in [1.165, 1.54) is 0 Å². The maximum atomic E-state index is 13.4. The zero-order valence-corrected chi connectivity index (χ0v) is 20.2. The van der Waals surface area contributed by atoms with E-state index in [0.29, 0.717) is 30.2 Å². The number of pyridine rings is 1. The fourth-order valence-electron chi connectivity index (χ4n) is 7.05. The van der Waals surface area contributed by atoms with Crippen LogP contribution in [0.2, 0.25) is 0 Å². The molecular weight excluding hydrogens is 432 g/mol. The minimum absolute atomic E-state index is 0.0254. The number of carbonyl (C=O) groups excluding carboxylic acids is 2. The molecule has 0 aliphatic heterocycles. The lowest BCUT2D eigenvalue weighted by Crippen LogP contribution is -2.60. The molecular formula is C26H34N4O2S. The lowest BCUT2D eigenvalue weighted by molar-refractivity contribution is -0.149. The fraction of sp³-hybridized carbons (Fsp3) is 0.577. The molecule has 3 unspecified atom stereocenters. The van der Waals surface area contributed by atoms with Crippen molar-refractivity contribution in [3.05, 3.63) is 46.9 Å². The van der Waals surface area contributed by atoms with Gasteiger partial charge in [0.1, 0.15) is 0 Å². The Morgan fingerprint density at radius 1 is 1.18 bits per heavy atom. The summed E-state index contributed by atoms with van der Waals surface area (Å²) in [4.78, 5) is 31.4. The van der Waals surface area contributed by atoms with Crippen molar-refractivity contribution in [3.8, 4) is 0 Å². The van der Waals surface area contributed by atoms with Crippen LogP contribution in [0.25, 0.3) is 0 Å². The van der Waals surface area contributed by atoms with Gasteiger partial charge in [0.15, 0.2) is 0 Å². The Hall–Kier alpha value is -2.25. The van der Waals surface area contributed by atoms with Gasteiger partial charge in [-0.05, 0) is 93.2 Å². The van der Waals surface area contributed by atoms with E-state index in [0.717, 1.165) is 42.7 Å². The van der Waals surface area contributed by atoms with E-state index in [4.69, 9.17) is 5.73 Å². The van der Waals surface area contributed by atoms with E-state index >= 15 is 0 Å². The lowest BCUT2D eigenvalue weighted by atomic mass is 9.45. The highest BCUT2D eigenvalue weighted by molar-refractivity contribution is 7.10. The molecule has 3 atom stereocenters. The van der Waals surface area contributed by atoms with E-state index in [9.17, 15) is 9.59 Å². The molecule has 2 aromatic rings. The van der Waals surface area contributed by atoms with Crippen LogP contribution in [0.5, 0.6) is 0 Å². The van der Waals surface area contributed by atoms with Crippen molar-refractivity contribution in [2.45, 2.75) is 57.4 Å². The number of anilines is 1. The first-order valence-corrected chi connectivity index (χ1v) is 13.0. The van der Waals surface area contributed by atoms with Gasteiger partial charge in [-0.1, -0.05) is 6.07 Å². The predicted molar refractivity (Wildman–Crippen MR) is 131 cm³/mol. The SMILES string of the molecule is CC(C)(C(=O)NCC(N)C1C2CC3CC1CC(C(=O)Nc1ccncc1)(C3)C2)c1cccs1. The number of nitrogens with two attached hydrogens (primary N) is 1. The van der Waals surface area contributed by atoms with Gasteiger partial charge in [-0.3, -0.25) is 14.6 Å². The number of carbonyl (C=O) groups is 2. The summed E-state index contributed by atoms with van der Waals surface area (Å²) in [6, 6.07) is 7.60. The summed E-state index contributed by atoms with van der Waals surface area (Å²) >= 11 is 1.61. The number of nitrogens with one attached hydrogen (secondary N) is 2. The van der Waals surface area contributed by atoms with Crippen molar-refractivity contribution < 1.29 is 9.59 Å². The lowest BCUT2D eigenvalue weighted by Gasteiger charge is -2.60. The largest absolute Gasteiger partial charge is 0.354 e. The van der Waals surface area contributed by atoms with E-state index in [1.54, 1.807) is 23.7 Å². The molecule has 0 aromatic carbocycles. The Labute approximate surface area is 199 Å². The highest BCUT2D eigenvalue weighted by Gasteiger charge is 2.59. The summed E-state index contributed by atoms with van der Waals surface area (Å²) in [5, 5.41) is 8.29. The zero-order chi connectivity index (χ0) is 23.2. The Bertz CT molecular complexity index is 991. The van der Waals surface area contributed by atoms with Gasteiger partial charge in [-0.15, -0.1) is 11.3 Å². The molecule has 4 aliphatic carbocycles. The second kappa shape index (κ2) is 8.51. The summed E-state index contributed by atoms with van der Waals surface area (Å²) in [5.41, 5.74) is 6.71. The van der Waals surface area contributed by atoms with Crippen LogP contribution in [-0.2, 0) is 15.0 Å². The molecule has 2 aromatic heterocycles. The molecule has 6 nitrogen and oxygen atoms in total. The summed E-state index contributed by atoms with van der Waals surface area (Å²) in [6.07, 6.45) is 8.54. The molecule has 176 valence electrons. The third kappa shape index (κ3) is 4.10. The minimum atomic E-state index is -0.562. The summed E-state index contributed by atoms with van der Waals surface area (Å²) in [7, 11) is 0. The summed E-state index contributed by atoms with van der Waals surface area (Å²) in [5.74, 6) is 2.08. The minimum Gasteiger partial charge on any atom is -0.354 e. The first-order valence-electron chi connectivity index (χ1n) is 12.1. The first-order chi connectivity index (χ1) is 15.8. The van der Waals surface area contributed by atoms with E-state index < -0.39 is 5.41 Å². The third-order valence-electron chi connectivity index (χ3n) is 8.46. The molecule has 4 N–H and O–H groups in total. The highest BCUT2D eigenvalue weighted by atomic mass is 32.1. The zero-order valence-electron chi connectivity index (χ0n) is 19.4. The quantitative estimate of drug-likeness (QED) is 0.576.